The van der Waals surface area contributed by atoms with Gasteiger partial charge in [-0.3, -0.25) is 0 Å². The maximum atomic E-state index is 12.3. The van der Waals surface area contributed by atoms with Crippen molar-refractivity contribution < 1.29 is 19.1 Å². The molecule has 0 heterocycles. The van der Waals surface area contributed by atoms with Crippen molar-refractivity contribution in [1.29, 1.82) is 0 Å². The Bertz CT molecular complexity index is 584. The van der Waals surface area contributed by atoms with Crippen LogP contribution in [-0.4, -0.2) is 24.6 Å². The fraction of sp³-hybridized carbons (Fsp3) is 0.385. The van der Waals surface area contributed by atoms with E-state index in [1.165, 1.54) is 0 Å². The standard InChI is InChI=1S/C13H12Br4O4/c1-4-20-12(18)6-7(13(19)21-5(2)3)9(15)11(17)10(16)8(6)14/h5H,4H2,1-3H3. The SMILES string of the molecule is CCOC(=O)c1c(Br)c(Br)c(Br)c(Br)c1C(=O)OC(C)C. The van der Waals surface area contributed by atoms with Crippen LogP contribution in [0.2, 0.25) is 0 Å². The molecule has 0 unspecified atom stereocenters. The highest BCUT2D eigenvalue weighted by Crippen LogP contribution is 2.42. The molecule has 4 nitrogen and oxygen atoms in total. The van der Waals surface area contributed by atoms with E-state index in [4.69, 9.17) is 9.47 Å². The molecule has 0 aromatic heterocycles. The van der Waals surface area contributed by atoms with Crippen molar-refractivity contribution in [2.24, 2.45) is 0 Å². The van der Waals surface area contributed by atoms with Gasteiger partial charge in [0.1, 0.15) is 0 Å². The first-order valence-corrected chi connectivity index (χ1v) is 9.13. The van der Waals surface area contributed by atoms with Crippen molar-refractivity contribution in [2.45, 2.75) is 26.9 Å². The summed E-state index contributed by atoms with van der Waals surface area (Å²) in [6.45, 7) is 5.37. The van der Waals surface area contributed by atoms with Crippen LogP contribution in [0.5, 0.6) is 0 Å². The number of hydrogen-bond donors (Lipinski definition) is 0. The van der Waals surface area contributed by atoms with E-state index in [0.29, 0.717) is 17.9 Å². The predicted molar refractivity (Wildman–Crippen MR) is 93.8 cm³/mol. The van der Waals surface area contributed by atoms with Gasteiger partial charge in [-0.15, -0.1) is 0 Å². The van der Waals surface area contributed by atoms with Crippen LogP contribution in [0.25, 0.3) is 0 Å². The van der Waals surface area contributed by atoms with Crippen LogP contribution in [0.15, 0.2) is 17.9 Å². The Morgan fingerprint density at radius 2 is 1.33 bits per heavy atom. The Balaban J connectivity index is 3.58. The summed E-state index contributed by atoms with van der Waals surface area (Å²) in [5.74, 6) is -1.21. The second kappa shape index (κ2) is 8.08. The Kier molecular flexibility index (Phi) is 7.36. The molecule has 116 valence electrons. The van der Waals surface area contributed by atoms with Gasteiger partial charge in [0.15, 0.2) is 0 Å². The van der Waals surface area contributed by atoms with E-state index in [-0.39, 0.29) is 23.8 Å². The molecular formula is C13H12Br4O4. The number of rotatable bonds is 4. The first-order chi connectivity index (χ1) is 9.72. The fourth-order valence-electron chi connectivity index (χ4n) is 1.49. The molecule has 0 saturated heterocycles. The van der Waals surface area contributed by atoms with Gasteiger partial charge in [0.25, 0.3) is 0 Å². The summed E-state index contributed by atoms with van der Waals surface area (Å²) in [5.41, 5.74) is 0.230. The van der Waals surface area contributed by atoms with Crippen molar-refractivity contribution >= 4 is 75.7 Å². The van der Waals surface area contributed by atoms with E-state index >= 15 is 0 Å². The first-order valence-electron chi connectivity index (χ1n) is 5.96. The Labute approximate surface area is 156 Å². The smallest absolute Gasteiger partial charge is 0.340 e. The molecular weight excluding hydrogens is 540 g/mol. The maximum absolute atomic E-state index is 12.3. The molecule has 21 heavy (non-hydrogen) atoms. The molecule has 1 aromatic carbocycles. The molecule has 0 fully saturated rings. The Morgan fingerprint density at radius 3 is 1.71 bits per heavy atom. The summed E-state index contributed by atoms with van der Waals surface area (Å²) in [5, 5.41) is 0. The molecule has 0 N–H and O–H groups in total. The van der Waals surface area contributed by atoms with E-state index in [0.717, 1.165) is 0 Å². The van der Waals surface area contributed by atoms with Crippen LogP contribution in [0, 0.1) is 0 Å². The third-order valence-electron chi connectivity index (χ3n) is 2.29. The highest BCUT2D eigenvalue weighted by atomic mass is 79.9. The zero-order chi connectivity index (χ0) is 16.3. The lowest BCUT2D eigenvalue weighted by Gasteiger charge is -2.16. The number of carbonyl (C=O) groups is 2. The fourth-order valence-corrected chi connectivity index (χ4v) is 3.93. The lowest BCUT2D eigenvalue weighted by atomic mass is 10.1. The van der Waals surface area contributed by atoms with E-state index in [2.05, 4.69) is 63.7 Å². The lowest BCUT2D eigenvalue weighted by Crippen LogP contribution is -2.19. The number of halogens is 4. The molecule has 0 aliphatic carbocycles. The van der Waals surface area contributed by atoms with Gasteiger partial charge >= 0.3 is 11.9 Å². The second-order valence-corrected chi connectivity index (χ2v) is 7.35. The highest BCUT2D eigenvalue weighted by Gasteiger charge is 2.30. The Hall–Kier alpha value is 0.0800. The molecule has 0 spiro atoms. The monoisotopic (exact) mass is 548 g/mol. The summed E-state index contributed by atoms with van der Waals surface area (Å²) >= 11 is 13.3. The normalized spacial score (nSPS) is 10.7. The van der Waals surface area contributed by atoms with Gasteiger partial charge < -0.3 is 9.47 Å². The third kappa shape index (κ3) is 4.30. The number of esters is 2. The van der Waals surface area contributed by atoms with Crippen LogP contribution < -0.4 is 0 Å². The van der Waals surface area contributed by atoms with Crippen LogP contribution in [0.3, 0.4) is 0 Å². The second-order valence-electron chi connectivity index (χ2n) is 4.18. The van der Waals surface area contributed by atoms with E-state index in [9.17, 15) is 9.59 Å². The first kappa shape index (κ1) is 19.1. The van der Waals surface area contributed by atoms with Crippen LogP contribution >= 0.6 is 63.7 Å². The van der Waals surface area contributed by atoms with Crippen molar-refractivity contribution in [3.05, 3.63) is 29.0 Å². The molecule has 1 rings (SSSR count). The van der Waals surface area contributed by atoms with Gasteiger partial charge in [-0.2, -0.15) is 0 Å². The van der Waals surface area contributed by atoms with Crippen molar-refractivity contribution in [2.75, 3.05) is 6.61 Å². The maximum Gasteiger partial charge on any atom is 0.340 e. The van der Waals surface area contributed by atoms with Crippen molar-refractivity contribution in [1.82, 2.24) is 0 Å². The summed E-state index contributed by atoms with van der Waals surface area (Å²) < 4.78 is 12.3. The largest absolute Gasteiger partial charge is 0.462 e. The molecule has 0 bridgehead atoms. The van der Waals surface area contributed by atoms with Gasteiger partial charge in [0.05, 0.1) is 23.8 Å². The molecule has 1 aromatic rings. The van der Waals surface area contributed by atoms with E-state index in [1.54, 1.807) is 20.8 Å². The van der Waals surface area contributed by atoms with Gasteiger partial charge in [0.2, 0.25) is 0 Å². The topological polar surface area (TPSA) is 52.6 Å². The minimum Gasteiger partial charge on any atom is -0.462 e. The van der Waals surface area contributed by atoms with Gasteiger partial charge in [-0.05, 0) is 84.5 Å². The molecule has 0 saturated carbocycles. The summed E-state index contributed by atoms with van der Waals surface area (Å²) in [6.07, 6.45) is -0.305. The molecule has 0 amide bonds. The average molecular weight is 552 g/mol. The van der Waals surface area contributed by atoms with Crippen molar-refractivity contribution in [3.63, 3.8) is 0 Å². The van der Waals surface area contributed by atoms with Gasteiger partial charge in [0, 0.05) is 17.9 Å². The molecule has 0 atom stereocenters. The number of ether oxygens (including phenoxy) is 2. The minimum absolute atomic E-state index is 0.115. The highest BCUT2D eigenvalue weighted by molar-refractivity contribution is 9.15. The minimum atomic E-state index is -0.603. The van der Waals surface area contributed by atoms with Gasteiger partial charge in [-0.1, -0.05) is 0 Å². The number of carbonyl (C=O) groups excluding carboxylic acids is 2. The van der Waals surface area contributed by atoms with E-state index in [1.807, 2.05) is 0 Å². The average Bonchev–Trinajstić information content (AvgIpc) is 2.39. The van der Waals surface area contributed by atoms with Gasteiger partial charge in [-0.25, -0.2) is 9.59 Å². The van der Waals surface area contributed by atoms with Crippen LogP contribution in [-0.2, 0) is 9.47 Å². The number of hydrogen-bond acceptors (Lipinski definition) is 4. The Morgan fingerprint density at radius 1 is 0.905 bits per heavy atom. The number of benzene rings is 1. The van der Waals surface area contributed by atoms with Crippen molar-refractivity contribution in [3.8, 4) is 0 Å². The lowest BCUT2D eigenvalue weighted by molar-refractivity contribution is 0.0361. The van der Waals surface area contributed by atoms with Crippen LogP contribution in [0.1, 0.15) is 41.5 Å². The molecule has 0 aliphatic heterocycles. The molecule has 0 radical (unpaired) electrons. The van der Waals surface area contributed by atoms with E-state index < -0.39 is 11.9 Å². The zero-order valence-electron chi connectivity index (χ0n) is 11.4. The quantitative estimate of drug-likeness (QED) is 0.283. The summed E-state index contributed by atoms with van der Waals surface area (Å²) in [7, 11) is 0. The molecule has 8 heteroatoms. The third-order valence-corrected chi connectivity index (χ3v) is 7.06. The summed E-state index contributed by atoms with van der Waals surface area (Å²) in [4.78, 5) is 24.5. The molecule has 0 aliphatic rings. The van der Waals surface area contributed by atoms with Crippen LogP contribution in [0.4, 0.5) is 0 Å². The predicted octanol–water partition coefficient (Wildman–Crippen LogP) is 5.48. The zero-order valence-corrected chi connectivity index (χ0v) is 17.8. The summed E-state index contributed by atoms with van der Waals surface area (Å²) in [6, 6.07) is 0.